The van der Waals surface area contributed by atoms with E-state index in [1.165, 1.54) is 18.4 Å². The summed E-state index contributed by atoms with van der Waals surface area (Å²) < 4.78 is 0. The summed E-state index contributed by atoms with van der Waals surface area (Å²) >= 11 is 0. The first-order chi connectivity index (χ1) is 11.1. The van der Waals surface area contributed by atoms with Crippen molar-refractivity contribution in [2.45, 2.75) is 77.8 Å². The number of nitrogen functional groups attached to an aromatic ring is 1. The Bertz CT molecular complexity index is 569. The van der Waals surface area contributed by atoms with Crippen molar-refractivity contribution in [1.82, 2.24) is 5.32 Å². The van der Waals surface area contributed by atoms with Crippen LogP contribution in [0.25, 0.3) is 0 Å². The lowest BCUT2D eigenvalue weighted by molar-refractivity contribution is -0.116. The van der Waals surface area contributed by atoms with Gasteiger partial charge in [0.1, 0.15) is 0 Å². The molecule has 1 amide bonds. The summed E-state index contributed by atoms with van der Waals surface area (Å²) in [5, 5.41) is 6.50. The minimum absolute atomic E-state index is 0.0570. The van der Waals surface area contributed by atoms with Crippen LogP contribution >= 0.6 is 0 Å². The molecular formula is C20H33N3O. The molecule has 4 nitrogen and oxygen atoms in total. The molecule has 4 heteroatoms. The number of amides is 1. The molecule has 0 bridgehead atoms. The first-order valence-corrected chi connectivity index (χ1v) is 9.11. The van der Waals surface area contributed by atoms with E-state index in [-0.39, 0.29) is 11.3 Å². The highest BCUT2D eigenvalue weighted by Crippen LogP contribution is 2.32. The number of anilines is 2. The van der Waals surface area contributed by atoms with Crippen LogP contribution in [-0.4, -0.2) is 18.0 Å². The standard InChI is InChI=1S/C20H33N3O/c1-13(2)22-16-10-14(11-16)6-9-19(24)23-18-8-7-15(12-17(18)21)20(3,4)5/h7-8,12-14,16,22H,6,9-11,21H2,1-5H3,(H,23,24). The van der Waals surface area contributed by atoms with Gasteiger partial charge in [-0.15, -0.1) is 0 Å². The molecule has 0 saturated heterocycles. The predicted octanol–water partition coefficient (Wildman–Crippen LogP) is 4.06. The maximum Gasteiger partial charge on any atom is 0.224 e. The quantitative estimate of drug-likeness (QED) is 0.689. The van der Waals surface area contributed by atoms with Crippen LogP contribution in [0.2, 0.25) is 0 Å². The van der Waals surface area contributed by atoms with Crippen molar-refractivity contribution in [1.29, 1.82) is 0 Å². The van der Waals surface area contributed by atoms with Gasteiger partial charge < -0.3 is 16.4 Å². The first kappa shape index (κ1) is 18.8. The van der Waals surface area contributed by atoms with Gasteiger partial charge in [0.2, 0.25) is 5.91 Å². The lowest BCUT2D eigenvalue weighted by Gasteiger charge is -2.37. The number of carbonyl (C=O) groups is 1. The SMILES string of the molecule is CC(C)NC1CC(CCC(=O)Nc2ccc(C(C)(C)C)cc2N)C1. The lowest BCUT2D eigenvalue weighted by atomic mass is 9.77. The molecule has 0 radical (unpaired) electrons. The van der Waals surface area contributed by atoms with E-state index in [9.17, 15) is 4.79 Å². The second-order valence-electron chi connectivity index (χ2n) is 8.49. The second kappa shape index (κ2) is 7.56. The second-order valence-corrected chi connectivity index (χ2v) is 8.49. The zero-order valence-electron chi connectivity index (χ0n) is 15.8. The summed E-state index contributed by atoms with van der Waals surface area (Å²) in [6.07, 6.45) is 3.91. The minimum Gasteiger partial charge on any atom is -0.397 e. The van der Waals surface area contributed by atoms with E-state index in [1.54, 1.807) is 0 Å². The molecule has 0 unspecified atom stereocenters. The molecule has 0 atom stereocenters. The van der Waals surface area contributed by atoms with Crippen LogP contribution in [0.3, 0.4) is 0 Å². The summed E-state index contributed by atoms with van der Waals surface area (Å²) in [6.45, 7) is 10.8. The fourth-order valence-electron chi connectivity index (χ4n) is 3.27. The molecule has 2 rings (SSSR count). The third-order valence-electron chi connectivity index (χ3n) is 4.78. The van der Waals surface area contributed by atoms with E-state index in [0.717, 1.165) is 12.1 Å². The lowest BCUT2D eigenvalue weighted by Crippen LogP contribution is -2.44. The molecule has 4 N–H and O–H groups in total. The Kier molecular flexibility index (Phi) is 5.92. The van der Waals surface area contributed by atoms with Crippen molar-refractivity contribution in [2.75, 3.05) is 11.1 Å². The summed E-state index contributed by atoms with van der Waals surface area (Å²) in [5.41, 5.74) is 8.70. The maximum absolute atomic E-state index is 12.2. The molecule has 1 aliphatic rings. The van der Waals surface area contributed by atoms with E-state index >= 15 is 0 Å². The fourth-order valence-corrected chi connectivity index (χ4v) is 3.27. The Hall–Kier alpha value is -1.55. The van der Waals surface area contributed by atoms with E-state index in [1.807, 2.05) is 18.2 Å². The molecule has 1 aliphatic carbocycles. The molecule has 0 heterocycles. The Morgan fingerprint density at radius 2 is 1.96 bits per heavy atom. The molecule has 24 heavy (non-hydrogen) atoms. The van der Waals surface area contributed by atoms with Crippen LogP contribution in [0, 0.1) is 5.92 Å². The third kappa shape index (κ3) is 5.23. The van der Waals surface area contributed by atoms with Gasteiger partial charge in [-0.2, -0.15) is 0 Å². The van der Waals surface area contributed by atoms with Crippen molar-refractivity contribution in [3.8, 4) is 0 Å². The summed E-state index contributed by atoms with van der Waals surface area (Å²) in [6, 6.07) is 7.10. The fraction of sp³-hybridized carbons (Fsp3) is 0.650. The van der Waals surface area contributed by atoms with E-state index in [0.29, 0.717) is 30.1 Å². The third-order valence-corrected chi connectivity index (χ3v) is 4.78. The van der Waals surface area contributed by atoms with Crippen LogP contribution in [0.5, 0.6) is 0 Å². The zero-order valence-corrected chi connectivity index (χ0v) is 15.8. The smallest absolute Gasteiger partial charge is 0.224 e. The van der Waals surface area contributed by atoms with Gasteiger partial charge in [-0.1, -0.05) is 40.7 Å². The topological polar surface area (TPSA) is 67.2 Å². The number of nitrogens with one attached hydrogen (secondary N) is 2. The number of hydrogen-bond donors (Lipinski definition) is 3. The molecular weight excluding hydrogens is 298 g/mol. The summed E-state index contributed by atoms with van der Waals surface area (Å²) in [7, 11) is 0. The van der Waals surface area contributed by atoms with Crippen molar-refractivity contribution in [2.24, 2.45) is 5.92 Å². The Balaban J connectivity index is 1.77. The van der Waals surface area contributed by atoms with Crippen molar-refractivity contribution < 1.29 is 4.79 Å². The van der Waals surface area contributed by atoms with Crippen molar-refractivity contribution in [3.63, 3.8) is 0 Å². The largest absolute Gasteiger partial charge is 0.397 e. The Morgan fingerprint density at radius 3 is 2.50 bits per heavy atom. The number of carbonyl (C=O) groups excluding carboxylic acids is 1. The van der Waals surface area contributed by atoms with Crippen LogP contribution in [0.4, 0.5) is 11.4 Å². The average molecular weight is 332 g/mol. The van der Waals surface area contributed by atoms with Gasteiger partial charge in [-0.3, -0.25) is 4.79 Å². The van der Waals surface area contributed by atoms with Gasteiger partial charge in [-0.05, 0) is 48.3 Å². The number of nitrogens with two attached hydrogens (primary N) is 1. The maximum atomic E-state index is 12.2. The molecule has 0 aliphatic heterocycles. The highest BCUT2D eigenvalue weighted by atomic mass is 16.1. The van der Waals surface area contributed by atoms with Gasteiger partial charge in [0, 0.05) is 18.5 Å². The number of benzene rings is 1. The zero-order chi connectivity index (χ0) is 17.9. The average Bonchev–Trinajstić information content (AvgIpc) is 2.41. The van der Waals surface area contributed by atoms with Crippen molar-refractivity contribution in [3.05, 3.63) is 23.8 Å². The number of rotatable bonds is 6. The van der Waals surface area contributed by atoms with Crippen LogP contribution in [-0.2, 0) is 10.2 Å². The van der Waals surface area contributed by atoms with Gasteiger partial charge in [0.05, 0.1) is 11.4 Å². The molecule has 1 aromatic carbocycles. The molecule has 134 valence electrons. The van der Waals surface area contributed by atoms with Gasteiger partial charge in [0.15, 0.2) is 0 Å². The number of hydrogen-bond acceptors (Lipinski definition) is 3. The summed E-state index contributed by atoms with van der Waals surface area (Å²) in [4.78, 5) is 12.2. The van der Waals surface area contributed by atoms with E-state index < -0.39 is 0 Å². The highest BCUT2D eigenvalue weighted by molar-refractivity contribution is 5.93. The van der Waals surface area contributed by atoms with Crippen molar-refractivity contribution >= 4 is 17.3 Å². The molecule has 1 saturated carbocycles. The minimum atomic E-state index is 0.0570. The highest BCUT2D eigenvalue weighted by Gasteiger charge is 2.29. The van der Waals surface area contributed by atoms with Gasteiger partial charge >= 0.3 is 0 Å². The van der Waals surface area contributed by atoms with E-state index in [2.05, 4.69) is 45.3 Å². The monoisotopic (exact) mass is 331 g/mol. The van der Waals surface area contributed by atoms with Gasteiger partial charge in [-0.25, -0.2) is 0 Å². The first-order valence-electron chi connectivity index (χ1n) is 9.11. The Morgan fingerprint density at radius 1 is 1.29 bits per heavy atom. The molecule has 1 fully saturated rings. The van der Waals surface area contributed by atoms with Gasteiger partial charge in [0.25, 0.3) is 0 Å². The molecule has 0 aromatic heterocycles. The van der Waals surface area contributed by atoms with Crippen LogP contribution < -0.4 is 16.4 Å². The summed E-state index contributed by atoms with van der Waals surface area (Å²) in [5.74, 6) is 0.734. The van der Waals surface area contributed by atoms with Crippen LogP contribution in [0.15, 0.2) is 18.2 Å². The normalized spacial score (nSPS) is 20.8. The molecule has 1 aromatic rings. The Labute approximate surface area is 146 Å². The van der Waals surface area contributed by atoms with Crippen LogP contribution in [0.1, 0.15) is 65.9 Å². The molecule has 0 spiro atoms. The predicted molar refractivity (Wildman–Crippen MR) is 102 cm³/mol. The van der Waals surface area contributed by atoms with E-state index in [4.69, 9.17) is 5.73 Å².